The Kier molecular flexibility index (Phi) is 3.09. The van der Waals surface area contributed by atoms with Crippen molar-refractivity contribution in [3.8, 4) is 0 Å². The van der Waals surface area contributed by atoms with Crippen molar-refractivity contribution >= 4 is 5.91 Å². The fourth-order valence-corrected chi connectivity index (χ4v) is 1.65. The van der Waals surface area contributed by atoms with Crippen LogP contribution in [0.1, 0.15) is 33.1 Å². The first-order valence-electron chi connectivity index (χ1n) is 4.73. The number of hydrogen-bond donors (Lipinski definition) is 1. The molecule has 70 valence electrons. The van der Waals surface area contributed by atoms with E-state index in [1.165, 1.54) is 0 Å². The van der Waals surface area contributed by atoms with E-state index in [1.807, 2.05) is 11.8 Å². The number of carbonyl (C=O) groups is 1. The van der Waals surface area contributed by atoms with E-state index in [2.05, 4.69) is 6.92 Å². The van der Waals surface area contributed by atoms with E-state index >= 15 is 0 Å². The number of rotatable bonds is 2. The lowest BCUT2D eigenvalue weighted by molar-refractivity contribution is -0.133. The second-order valence-corrected chi connectivity index (χ2v) is 3.54. The average Bonchev–Trinajstić information content (AvgIpc) is 2.48. The van der Waals surface area contributed by atoms with Gasteiger partial charge in [-0.05, 0) is 26.2 Å². The van der Waals surface area contributed by atoms with Gasteiger partial charge in [-0.25, -0.2) is 0 Å². The molecule has 0 spiro atoms. The van der Waals surface area contributed by atoms with Gasteiger partial charge in [0.2, 0.25) is 5.91 Å². The van der Waals surface area contributed by atoms with Crippen molar-refractivity contribution in [2.24, 2.45) is 5.73 Å². The van der Waals surface area contributed by atoms with Crippen LogP contribution in [0.3, 0.4) is 0 Å². The third-order valence-corrected chi connectivity index (χ3v) is 2.59. The van der Waals surface area contributed by atoms with Gasteiger partial charge in [0.05, 0.1) is 6.04 Å². The second kappa shape index (κ2) is 3.90. The minimum atomic E-state index is -0.287. The Morgan fingerprint density at radius 1 is 1.75 bits per heavy atom. The quantitative estimate of drug-likeness (QED) is 0.664. The van der Waals surface area contributed by atoms with Crippen molar-refractivity contribution in [1.29, 1.82) is 0 Å². The van der Waals surface area contributed by atoms with Crippen LogP contribution in [0.2, 0.25) is 0 Å². The van der Waals surface area contributed by atoms with Gasteiger partial charge in [0.15, 0.2) is 0 Å². The first kappa shape index (κ1) is 9.52. The van der Waals surface area contributed by atoms with Crippen molar-refractivity contribution in [3.63, 3.8) is 0 Å². The Balaban J connectivity index is 2.51. The Morgan fingerprint density at radius 3 is 2.83 bits per heavy atom. The third-order valence-electron chi connectivity index (χ3n) is 2.59. The van der Waals surface area contributed by atoms with Gasteiger partial charge >= 0.3 is 0 Å². The largest absolute Gasteiger partial charge is 0.339 e. The molecule has 1 amide bonds. The summed E-state index contributed by atoms with van der Waals surface area (Å²) in [7, 11) is 0. The van der Waals surface area contributed by atoms with Gasteiger partial charge in [0.1, 0.15) is 0 Å². The molecular formula is C9H18N2O. The van der Waals surface area contributed by atoms with E-state index < -0.39 is 0 Å². The van der Waals surface area contributed by atoms with Crippen molar-refractivity contribution in [3.05, 3.63) is 0 Å². The fourth-order valence-electron chi connectivity index (χ4n) is 1.65. The molecular weight excluding hydrogens is 152 g/mol. The van der Waals surface area contributed by atoms with Crippen LogP contribution in [0, 0.1) is 0 Å². The first-order chi connectivity index (χ1) is 5.66. The van der Waals surface area contributed by atoms with Crippen LogP contribution in [0.5, 0.6) is 0 Å². The molecule has 2 atom stereocenters. The molecule has 1 fully saturated rings. The number of amides is 1. The average molecular weight is 170 g/mol. The zero-order chi connectivity index (χ0) is 9.14. The molecule has 0 aromatic heterocycles. The molecule has 0 bridgehead atoms. The summed E-state index contributed by atoms with van der Waals surface area (Å²) < 4.78 is 0. The molecule has 3 heteroatoms. The van der Waals surface area contributed by atoms with E-state index in [4.69, 9.17) is 5.73 Å². The van der Waals surface area contributed by atoms with Crippen LogP contribution in [0.15, 0.2) is 0 Å². The van der Waals surface area contributed by atoms with Crippen LogP contribution >= 0.6 is 0 Å². The molecule has 0 aromatic carbocycles. The summed E-state index contributed by atoms with van der Waals surface area (Å²) in [6, 6.07) is 0.112. The third kappa shape index (κ3) is 1.78. The molecule has 1 aliphatic heterocycles. The summed E-state index contributed by atoms with van der Waals surface area (Å²) in [6.07, 6.45) is 2.99. The zero-order valence-corrected chi connectivity index (χ0v) is 7.92. The lowest BCUT2D eigenvalue weighted by atomic mass is 10.2. The Hall–Kier alpha value is -0.570. The molecule has 1 heterocycles. The van der Waals surface area contributed by atoms with Crippen LogP contribution in [0.25, 0.3) is 0 Å². The van der Waals surface area contributed by atoms with Gasteiger partial charge in [-0.15, -0.1) is 0 Å². The molecule has 0 aliphatic carbocycles. The van der Waals surface area contributed by atoms with E-state index in [0.29, 0.717) is 6.04 Å². The number of nitrogens with zero attached hydrogens (tertiary/aromatic N) is 1. The summed E-state index contributed by atoms with van der Waals surface area (Å²) in [6.45, 7) is 4.93. The zero-order valence-electron chi connectivity index (χ0n) is 7.92. The van der Waals surface area contributed by atoms with E-state index in [-0.39, 0.29) is 11.9 Å². The van der Waals surface area contributed by atoms with Crippen molar-refractivity contribution < 1.29 is 4.79 Å². The predicted molar refractivity (Wildman–Crippen MR) is 48.7 cm³/mol. The maximum Gasteiger partial charge on any atom is 0.239 e. The van der Waals surface area contributed by atoms with Crippen molar-refractivity contribution in [2.45, 2.75) is 45.2 Å². The van der Waals surface area contributed by atoms with Crippen molar-refractivity contribution in [1.82, 2.24) is 4.90 Å². The van der Waals surface area contributed by atoms with Crippen LogP contribution in [-0.2, 0) is 4.79 Å². The van der Waals surface area contributed by atoms with Crippen LogP contribution < -0.4 is 5.73 Å². The van der Waals surface area contributed by atoms with E-state index in [9.17, 15) is 4.79 Å². The SMILES string of the molecule is CC[C@@H](N)C(=O)N1CCC[C@@H]1C. The van der Waals surface area contributed by atoms with Crippen molar-refractivity contribution in [2.75, 3.05) is 6.54 Å². The molecule has 3 nitrogen and oxygen atoms in total. The van der Waals surface area contributed by atoms with E-state index in [1.54, 1.807) is 0 Å². The highest BCUT2D eigenvalue weighted by Crippen LogP contribution is 2.17. The maximum atomic E-state index is 11.6. The molecule has 0 aromatic rings. The molecule has 0 saturated carbocycles. The topological polar surface area (TPSA) is 46.3 Å². The minimum absolute atomic E-state index is 0.127. The minimum Gasteiger partial charge on any atom is -0.339 e. The van der Waals surface area contributed by atoms with Gasteiger partial charge in [0.25, 0.3) is 0 Å². The van der Waals surface area contributed by atoms with Gasteiger partial charge in [-0.1, -0.05) is 6.92 Å². The number of carbonyl (C=O) groups excluding carboxylic acids is 1. The highest BCUT2D eigenvalue weighted by molar-refractivity contribution is 5.82. The van der Waals surface area contributed by atoms with Crippen LogP contribution in [-0.4, -0.2) is 29.4 Å². The molecule has 0 unspecified atom stereocenters. The first-order valence-corrected chi connectivity index (χ1v) is 4.73. The molecule has 2 N–H and O–H groups in total. The number of nitrogens with two attached hydrogens (primary N) is 1. The van der Waals surface area contributed by atoms with Gasteiger partial charge < -0.3 is 10.6 Å². The van der Waals surface area contributed by atoms with Gasteiger partial charge in [-0.2, -0.15) is 0 Å². The second-order valence-electron chi connectivity index (χ2n) is 3.54. The van der Waals surface area contributed by atoms with E-state index in [0.717, 1.165) is 25.8 Å². The van der Waals surface area contributed by atoms with Gasteiger partial charge in [-0.3, -0.25) is 4.79 Å². The summed E-state index contributed by atoms with van der Waals surface area (Å²) >= 11 is 0. The predicted octanol–water partition coefficient (Wildman–Crippen LogP) is 0.735. The maximum absolute atomic E-state index is 11.6. The lowest BCUT2D eigenvalue weighted by Gasteiger charge is -2.24. The standard InChI is InChI=1S/C9H18N2O/c1-3-8(10)9(12)11-6-4-5-7(11)2/h7-8H,3-6,10H2,1-2H3/t7-,8+/m0/s1. The summed E-state index contributed by atoms with van der Waals surface area (Å²) in [4.78, 5) is 13.5. The molecule has 0 radical (unpaired) electrons. The highest BCUT2D eigenvalue weighted by atomic mass is 16.2. The molecule has 1 saturated heterocycles. The Morgan fingerprint density at radius 2 is 2.42 bits per heavy atom. The summed E-state index contributed by atoms with van der Waals surface area (Å²) in [5.41, 5.74) is 5.67. The highest BCUT2D eigenvalue weighted by Gasteiger charge is 2.27. The normalized spacial score (nSPS) is 25.9. The smallest absolute Gasteiger partial charge is 0.239 e. The molecule has 12 heavy (non-hydrogen) atoms. The monoisotopic (exact) mass is 170 g/mol. The van der Waals surface area contributed by atoms with Gasteiger partial charge in [0, 0.05) is 12.6 Å². The van der Waals surface area contributed by atoms with Crippen LogP contribution in [0.4, 0.5) is 0 Å². The summed E-state index contributed by atoms with van der Waals surface area (Å²) in [5.74, 6) is 0.127. The summed E-state index contributed by atoms with van der Waals surface area (Å²) in [5, 5.41) is 0. The Labute approximate surface area is 73.9 Å². The molecule has 1 rings (SSSR count). The molecule has 1 aliphatic rings. The lowest BCUT2D eigenvalue weighted by Crippen LogP contribution is -2.44. The number of likely N-dealkylation sites (tertiary alicyclic amines) is 1. The number of hydrogen-bond acceptors (Lipinski definition) is 2. The fraction of sp³-hybridized carbons (Fsp3) is 0.889. The Bertz CT molecular complexity index is 170.